The molecule has 7 rings (SSSR count). The maximum Gasteiger partial charge on any atom is 0.253 e. The Morgan fingerprint density at radius 2 is 1.84 bits per heavy atom. The largest absolute Gasteiger partial charge is 0.468 e. The van der Waals surface area contributed by atoms with Crippen molar-refractivity contribution in [1.29, 1.82) is 0 Å². The molecule has 11 heteroatoms. The molecule has 11 nitrogen and oxygen atoms in total. The molecule has 198 valence electrons. The highest BCUT2D eigenvalue weighted by Crippen LogP contribution is 2.37. The lowest BCUT2D eigenvalue weighted by Crippen LogP contribution is -2.48. The molecule has 1 atom stereocenters. The maximum absolute atomic E-state index is 13.6. The van der Waals surface area contributed by atoms with Crippen LogP contribution in [0.4, 0.5) is 0 Å². The van der Waals surface area contributed by atoms with Gasteiger partial charge in [0.2, 0.25) is 6.79 Å². The van der Waals surface area contributed by atoms with Crippen molar-refractivity contribution in [2.24, 2.45) is 0 Å². The van der Waals surface area contributed by atoms with Crippen LogP contribution in [0.5, 0.6) is 11.5 Å². The van der Waals surface area contributed by atoms with Crippen LogP contribution in [-0.2, 0) is 6.54 Å². The molecule has 1 aliphatic carbocycles. The Morgan fingerprint density at radius 3 is 2.63 bits per heavy atom. The molecule has 1 aromatic carbocycles. The van der Waals surface area contributed by atoms with E-state index in [1.807, 2.05) is 35.0 Å². The summed E-state index contributed by atoms with van der Waals surface area (Å²) in [5, 5.41) is 14.0. The topological polar surface area (TPSA) is 115 Å². The molecule has 38 heavy (non-hydrogen) atoms. The van der Waals surface area contributed by atoms with E-state index >= 15 is 0 Å². The molecule has 0 amide bonds. The number of nitrogens with one attached hydrogen (secondary N) is 1. The molecule has 4 aromatic rings. The number of hydrogen-bond donors (Lipinski definition) is 1. The number of tetrazole rings is 1. The predicted molar refractivity (Wildman–Crippen MR) is 138 cm³/mol. The highest BCUT2D eigenvalue weighted by molar-refractivity contribution is 5.83. The number of piperazine rings is 1. The van der Waals surface area contributed by atoms with Crippen LogP contribution in [0, 0.1) is 0 Å². The summed E-state index contributed by atoms with van der Waals surface area (Å²) in [6.45, 7) is 4.22. The van der Waals surface area contributed by atoms with Crippen molar-refractivity contribution in [3.8, 4) is 11.5 Å². The van der Waals surface area contributed by atoms with Gasteiger partial charge in [-0.15, -0.1) is 5.10 Å². The van der Waals surface area contributed by atoms with E-state index in [2.05, 4.69) is 30.3 Å². The fraction of sp³-hybridized carbons (Fsp3) is 0.481. The fourth-order valence-corrected chi connectivity index (χ4v) is 6.08. The first-order valence-corrected chi connectivity index (χ1v) is 13.5. The van der Waals surface area contributed by atoms with Crippen molar-refractivity contribution in [1.82, 2.24) is 35.0 Å². The molecule has 1 unspecified atom stereocenters. The van der Waals surface area contributed by atoms with E-state index in [0.29, 0.717) is 17.1 Å². The third kappa shape index (κ3) is 4.35. The standard InChI is InChI=1S/C27H31N7O4/c35-27-21(13-18-14-23-24(38-17-37-23)15-22(18)28-27)25(26-29-30-31-34(26)19-5-2-1-3-6-19)33-10-8-32(9-11-33)16-20-7-4-12-36-20/h4,7,12-15,19,25H,1-3,5-6,8-11,16-17H2,(H,28,35). The number of hydrogen-bond acceptors (Lipinski definition) is 9. The Morgan fingerprint density at radius 1 is 1.03 bits per heavy atom. The van der Waals surface area contributed by atoms with Crippen LogP contribution in [0.15, 0.2) is 45.8 Å². The van der Waals surface area contributed by atoms with Gasteiger partial charge in [-0.25, -0.2) is 4.68 Å². The molecular weight excluding hydrogens is 486 g/mol. The lowest BCUT2D eigenvalue weighted by atomic mass is 9.95. The van der Waals surface area contributed by atoms with Crippen molar-refractivity contribution in [2.45, 2.75) is 50.7 Å². The van der Waals surface area contributed by atoms with Gasteiger partial charge in [0.1, 0.15) is 11.8 Å². The summed E-state index contributed by atoms with van der Waals surface area (Å²) in [4.78, 5) is 21.4. The summed E-state index contributed by atoms with van der Waals surface area (Å²) in [5.74, 6) is 3.03. The Kier molecular flexibility index (Phi) is 6.09. The Bertz CT molecular complexity index is 1470. The number of benzene rings is 1. The van der Waals surface area contributed by atoms with Gasteiger partial charge in [-0.05, 0) is 47.5 Å². The second-order valence-electron chi connectivity index (χ2n) is 10.4. The minimum absolute atomic E-state index is 0.141. The first-order chi connectivity index (χ1) is 18.7. The Labute approximate surface area is 219 Å². The van der Waals surface area contributed by atoms with Gasteiger partial charge in [0.25, 0.3) is 5.56 Å². The number of H-pyrrole nitrogens is 1. The van der Waals surface area contributed by atoms with E-state index in [4.69, 9.17) is 13.9 Å². The Hall–Kier alpha value is -3.70. The average molecular weight is 518 g/mol. The number of pyridine rings is 1. The first kappa shape index (κ1) is 23.4. The van der Waals surface area contributed by atoms with Gasteiger partial charge in [-0.1, -0.05) is 19.3 Å². The van der Waals surface area contributed by atoms with Crippen LogP contribution >= 0.6 is 0 Å². The molecule has 0 radical (unpaired) electrons. The molecular formula is C27H31N7O4. The van der Waals surface area contributed by atoms with Gasteiger partial charge in [-0.3, -0.25) is 14.6 Å². The number of furan rings is 1. The summed E-state index contributed by atoms with van der Waals surface area (Å²) in [5.41, 5.74) is 1.22. The number of aromatic nitrogens is 5. The molecule has 5 heterocycles. The Balaban J connectivity index is 1.26. The first-order valence-electron chi connectivity index (χ1n) is 13.5. The fourth-order valence-electron chi connectivity index (χ4n) is 6.08. The summed E-state index contributed by atoms with van der Waals surface area (Å²) in [7, 11) is 0. The minimum atomic E-state index is -0.365. The summed E-state index contributed by atoms with van der Waals surface area (Å²) >= 11 is 0. The molecule has 0 spiro atoms. The van der Waals surface area contributed by atoms with Gasteiger partial charge >= 0.3 is 0 Å². The molecule has 2 fully saturated rings. The van der Waals surface area contributed by atoms with Crippen molar-refractivity contribution in [3.05, 3.63) is 64.1 Å². The van der Waals surface area contributed by atoms with Crippen molar-refractivity contribution >= 4 is 10.9 Å². The van der Waals surface area contributed by atoms with Crippen molar-refractivity contribution < 1.29 is 13.9 Å². The highest BCUT2D eigenvalue weighted by Gasteiger charge is 2.34. The smallest absolute Gasteiger partial charge is 0.253 e. The van der Waals surface area contributed by atoms with Crippen LogP contribution in [-0.4, -0.2) is 68.0 Å². The lowest BCUT2D eigenvalue weighted by Gasteiger charge is -2.38. The second-order valence-corrected chi connectivity index (χ2v) is 10.4. The van der Waals surface area contributed by atoms with Crippen molar-refractivity contribution in [2.75, 3.05) is 33.0 Å². The van der Waals surface area contributed by atoms with E-state index in [1.54, 1.807) is 6.26 Å². The molecule has 3 aromatic heterocycles. The predicted octanol–water partition coefficient (Wildman–Crippen LogP) is 3.25. The molecule has 2 aliphatic heterocycles. The second kappa shape index (κ2) is 9.88. The number of nitrogens with zero attached hydrogens (tertiary/aromatic N) is 6. The zero-order valence-electron chi connectivity index (χ0n) is 21.2. The number of ether oxygens (including phenoxy) is 2. The SMILES string of the molecule is O=c1[nH]c2cc3c(cc2cc1C(c1nnnn1C1CCCCC1)N1CCN(Cc2ccco2)CC1)OCO3. The molecule has 3 aliphatic rings. The summed E-state index contributed by atoms with van der Waals surface area (Å²) < 4.78 is 18.7. The lowest BCUT2D eigenvalue weighted by molar-refractivity contribution is 0.0937. The van der Waals surface area contributed by atoms with E-state index in [1.165, 1.54) is 19.3 Å². The van der Waals surface area contributed by atoms with Gasteiger partial charge in [-0.2, -0.15) is 0 Å². The third-order valence-corrected chi connectivity index (χ3v) is 8.08. The van der Waals surface area contributed by atoms with E-state index < -0.39 is 0 Å². The van der Waals surface area contributed by atoms with E-state index in [9.17, 15) is 4.79 Å². The van der Waals surface area contributed by atoms with Gasteiger partial charge in [0, 0.05) is 43.2 Å². The third-order valence-electron chi connectivity index (χ3n) is 8.08. The normalized spacial score (nSPS) is 19.8. The number of aromatic amines is 1. The number of rotatable bonds is 6. The molecule has 1 saturated heterocycles. The van der Waals surface area contributed by atoms with Crippen LogP contribution in [0.3, 0.4) is 0 Å². The van der Waals surface area contributed by atoms with E-state index in [-0.39, 0.29) is 24.4 Å². The van der Waals surface area contributed by atoms with Gasteiger partial charge < -0.3 is 18.9 Å². The monoisotopic (exact) mass is 517 g/mol. The van der Waals surface area contributed by atoms with Crippen LogP contribution < -0.4 is 15.0 Å². The average Bonchev–Trinajstić information content (AvgIpc) is 3.72. The van der Waals surface area contributed by atoms with E-state index in [0.717, 1.165) is 68.1 Å². The summed E-state index contributed by atoms with van der Waals surface area (Å²) in [6.07, 6.45) is 7.41. The highest BCUT2D eigenvalue weighted by atomic mass is 16.7. The zero-order valence-corrected chi connectivity index (χ0v) is 21.2. The van der Waals surface area contributed by atoms with Crippen molar-refractivity contribution in [3.63, 3.8) is 0 Å². The van der Waals surface area contributed by atoms with Crippen LogP contribution in [0.25, 0.3) is 10.9 Å². The van der Waals surface area contributed by atoms with Gasteiger partial charge in [0.15, 0.2) is 17.3 Å². The molecule has 1 N–H and O–H groups in total. The van der Waals surface area contributed by atoms with Gasteiger partial charge in [0.05, 0.1) is 24.4 Å². The quantitative estimate of drug-likeness (QED) is 0.412. The zero-order chi connectivity index (χ0) is 25.5. The molecule has 1 saturated carbocycles. The van der Waals surface area contributed by atoms with Crippen LogP contribution in [0.2, 0.25) is 0 Å². The number of fused-ring (bicyclic) bond motifs is 2. The molecule has 0 bridgehead atoms. The van der Waals surface area contributed by atoms with Crippen LogP contribution in [0.1, 0.15) is 61.3 Å². The maximum atomic E-state index is 13.6. The minimum Gasteiger partial charge on any atom is -0.468 e. The summed E-state index contributed by atoms with van der Waals surface area (Å²) in [6, 6.07) is 9.55.